The molecule has 60 heavy (non-hydrogen) atoms. The molecule has 0 saturated carbocycles. The molecule has 0 amide bonds. The average molecular weight is 837 g/mol. The summed E-state index contributed by atoms with van der Waals surface area (Å²) >= 11 is 0. The Bertz CT molecular complexity index is 1700. The fourth-order valence-corrected chi connectivity index (χ4v) is 8.91. The summed E-state index contributed by atoms with van der Waals surface area (Å²) < 4.78 is 38.3. The van der Waals surface area contributed by atoms with Gasteiger partial charge in [-0.25, -0.2) is 9.59 Å². The van der Waals surface area contributed by atoms with Gasteiger partial charge in [0.1, 0.15) is 18.6 Å². The molecule has 334 valence electrons. The topological polar surface area (TPSA) is 130 Å². The van der Waals surface area contributed by atoms with Crippen LogP contribution in [-0.2, 0) is 50.9 Å². The van der Waals surface area contributed by atoms with Crippen molar-refractivity contribution in [2.45, 2.75) is 136 Å². The van der Waals surface area contributed by atoms with E-state index in [1.54, 1.807) is 33.1 Å². The van der Waals surface area contributed by atoms with Crippen molar-refractivity contribution >= 4 is 23.7 Å². The average Bonchev–Trinajstić information content (AvgIpc) is 3.21. The van der Waals surface area contributed by atoms with Gasteiger partial charge in [-0.15, -0.1) is 0 Å². The highest BCUT2D eigenvalue weighted by Gasteiger charge is 2.51. The Kier molecular flexibility index (Phi) is 18.3. The molecule has 2 aliphatic heterocycles. The number of cyclic esters (lactones) is 1. The fraction of sp³-hybridized carbons (Fsp3) is 0.667. The Balaban J connectivity index is 1.75. The largest absolute Gasteiger partial charge is 0.464 e. The summed E-state index contributed by atoms with van der Waals surface area (Å²) in [6, 6.07) is 14.7. The highest BCUT2D eigenvalue weighted by molar-refractivity contribution is 6.00. The van der Waals surface area contributed by atoms with Crippen LogP contribution in [0.2, 0.25) is 0 Å². The number of hydrogen-bond donors (Lipinski definition) is 0. The van der Waals surface area contributed by atoms with Gasteiger partial charge in [0, 0.05) is 32.0 Å². The molecule has 4 rings (SSSR count). The lowest BCUT2D eigenvalue weighted by molar-refractivity contribution is -0.295. The number of rotatable bonds is 12. The van der Waals surface area contributed by atoms with E-state index in [4.69, 9.17) is 28.4 Å². The summed E-state index contributed by atoms with van der Waals surface area (Å²) in [5, 5.41) is 0. The van der Waals surface area contributed by atoms with Crippen molar-refractivity contribution in [3.05, 3.63) is 70.8 Å². The minimum absolute atomic E-state index is 0.0853. The number of ketones is 1. The Morgan fingerprint density at radius 3 is 1.87 bits per heavy atom. The first-order valence-electron chi connectivity index (χ1n) is 21.9. The van der Waals surface area contributed by atoms with Gasteiger partial charge >= 0.3 is 17.9 Å². The number of esters is 3. The van der Waals surface area contributed by atoms with Gasteiger partial charge in [-0.05, 0) is 109 Å². The second-order valence-electron chi connectivity index (χ2n) is 17.8. The Hall–Kier alpha value is -3.68. The number of hydrogen-bond acceptors (Lipinski definition) is 12. The number of likely N-dealkylation sites (N-methyl/N-ethyl adjacent to an activating group) is 2. The van der Waals surface area contributed by atoms with E-state index in [1.165, 1.54) is 0 Å². The number of carbonyl (C=O) groups excluding carboxylic acids is 4. The van der Waals surface area contributed by atoms with Crippen molar-refractivity contribution in [1.29, 1.82) is 0 Å². The molecule has 0 bridgehead atoms. The van der Waals surface area contributed by atoms with E-state index in [0.29, 0.717) is 37.1 Å². The molecule has 0 aliphatic carbocycles. The third-order valence-corrected chi connectivity index (χ3v) is 12.4. The van der Waals surface area contributed by atoms with Gasteiger partial charge in [-0.1, -0.05) is 71.7 Å². The van der Waals surface area contributed by atoms with Crippen LogP contribution in [0.15, 0.2) is 48.5 Å². The van der Waals surface area contributed by atoms with Gasteiger partial charge in [0.25, 0.3) is 0 Å². The molecule has 0 radical (unpaired) electrons. The Labute approximate surface area is 358 Å². The lowest BCUT2D eigenvalue weighted by Crippen LogP contribution is -2.60. The van der Waals surface area contributed by atoms with Crippen LogP contribution in [0.1, 0.15) is 113 Å². The molecule has 0 unspecified atom stereocenters. The summed E-state index contributed by atoms with van der Waals surface area (Å²) in [5.41, 5.74) is 1.94. The molecule has 2 aliphatic rings. The summed E-state index contributed by atoms with van der Waals surface area (Å²) in [6.07, 6.45) is 0.754. The molecule has 2 aromatic rings. The molecule has 0 N–H and O–H groups in total. The first-order chi connectivity index (χ1) is 28.4. The van der Waals surface area contributed by atoms with Crippen LogP contribution in [0.3, 0.4) is 0 Å². The number of benzene rings is 2. The van der Waals surface area contributed by atoms with Crippen LogP contribution in [-0.4, -0.2) is 124 Å². The van der Waals surface area contributed by atoms with E-state index >= 15 is 0 Å². The lowest BCUT2D eigenvalue weighted by atomic mass is 9.76. The van der Waals surface area contributed by atoms with E-state index in [9.17, 15) is 19.2 Å². The van der Waals surface area contributed by atoms with Crippen LogP contribution in [0.25, 0.3) is 0 Å². The van der Waals surface area contributed by atoms with Crippen LogP contribution >= 0.6 is 0 Å². The predicted octanol–water partition coefficient (Wildman–Crippen LogP) is 7.19. The molecular formula is C48H72N2O10. The third-order valence-electron chi connectivity index (χ3n) is 12.4. The molecule has 2 saturated heterocycles. The first kappa shape index (κ1) is 49.0. The van der Waals surface area contributed by atoms with Crippen LogP contribution in [0, 0.1) is 23.7 Å². The number of carbonyl (C=O) groups is 4. The second kappa shape index (κ2) is 22.4. The molecular weight excluding hydrogens is 765 g/mol. The molecule has 2 aromatic carbocycles. The highest BCUT2D eigenvalue weighted by Crippen LogP contribution is 2.39. The van der Waals surface area contributed by atoms with Gasteiger partial charge in [-0.3, -0.25) is 9.59 Å². The number of aryl methyl sites for hydroxylation is 2. The van der Waals surface area contributed by atoms with Gasteiger partial charge in [-0.2, -0.15) is 0 Å². The quantitative estimate of drug-likeness (QED) is 0.122. The smallest absolute Gasteiger partial charge is 0.338 e. The number of nitrogens with zero attached hydrogens (tertiary/aromatic N) is 2. The minimum Gasteiger partial charge on any atom is -0.464 e. The zero-order chi connectivity index (χ0) is 44.3. The van der Waals surface area contributed by atoms with Crippen LogP contribution in [0.4, 0.5) is 0 Å². The van der Waals surface area contributed by atoms with Gasteiger partial charge in [0.2, 0.25) is 0 Å². The van der Waals surface area contributed by atoms with E-state index in [0.717, 1.165) is 36.8 Å². The number of ether oxygens (including phenoxy) is 6. The Morgan fingerprint density at radius 2 is 1.37 bits per heavy atom. The van der Waals surface area contributed by atoms with Crippen molar-refractivity contribution in [2.24, 2.45) is 23.7 Å². The highest BCUT2D eigenvalue weighted by atomic mass is 16.7. The van der Waals surface area contributed by atoms with Crippen LogP contribution < -0.4 is 0 Å². The van der Waals surface area contributed by atoms with E-state index in [2.05, 4.69) is 13.8 Å². The standard InChI is InChI=1S/C48H72N2O10/c1-13-15-35-17-21-37(22-18-35)45(53)58-41-30(3)28-48(8,55-12)43(33(6)40(51)34(7)44(52)56-26-25-50(11)29-31(41)4)60-47-42(39(49(9)10)27-32(5)57-47)59-46(54)38-23-19-36(16-14-2)20-24-38/h17-24,30-34,39,41-43,47H,13-16,25-29H2,1-12H3/t30-,31-,32-,33+,34-,39+,41+,42-,43-,47+,48-/m1/s1. The summed E-state index contributed by atoms with van der Waals surface area (Å²) in [7, 11) is 7.33. The van der Waals surface area contributed by atoms with Gasteiger partial charge in [0.05, 0.1) is 35.0 Å². The maximum Gasteiger partial charge on any atom is 0.338 e. The molecule has 0 aromatic heterocycles. The molecule has 12 nitrogen and oxygen atoms in total. The molecule has 0 spiro atoms. The zero-order valence-electron chi connectivity index (χ0n) is 38.2. The summed E-state index contributed by atoms with van der Waals surface area (Å²) in [4.78, 5) is 59.4. The van der Waals surface area contributed by atoms with E-state index < -0.39 is 59.9 Å². The van der Waals surface area contributed by atoms with Gasteiger partial charge in [0.15, 0.2) is 18.2 Å². The molecule has 2 heterocycles. The lowest BCUT2D eigenvalue weighted by Gasteiger charge is -2.48. The van der Waals surface area contributed by atoms with Gasteiger partial charge < -0.3 is 38.2 Å². The fourth-order valence-electron chi connectivity index (χ4n) is 8.91. The SMILES string of the molecule is CCCc1ccc(C(=O)O[C@@H]2[C@H](C)CN(C)CCOC(=O)[C@H](C)C(=O)[C@H](C)[C@@H](O[C@@H]3O[C@H](C)C[C@H](N(C)C)[C@H]3OC(=O)c3ccc(CCC)cc3)[C@](C)(OC)C[C@H]2C)cc1. The maximum absolute atomic E-state index is 14.4. The van der Waals surface area contributed by atoms with Crippen molar-refractivity contribution in [1.82, 2.24) is 9.80 Å². The number of methoxy groups -OCH3 is 1. The molecule has 11 atom stereocenters. The predicted molar refractivity (Wildman–Crippen MR) is 231 cm³/mol. The normalized spacial score (nSPS) is 31.5. The third kappa shape index (κ3) is 12.7. The Morgan fingerprint density at radius 1 is 0.833 bits per heavy atom. The maximum atomic E-state index is 14.4. The van der Waals surface area contributed by atoms with Crippen LogP contribution in [0.5, 0.6) is 0 Å². The molecule has 12 heteroatoms. The van der Waals surface area contributed by atoms with E-state index in [1.807, 2.05) is 95.0 Å². The van der Waals surface area contributed by atoms with Crippen molar-refractivity contribution < 1.29 is 47.6 Å². The summed E-state index contributed by atoms with van der Waals surface area (Å²) in [6.45, 7) is 16.4. The summed E-state index contributed by atoms with van der Waals surface area (Å²) in [5.74, 6) is -4.43. The second-order valence-corrected chi connectivity index (χ2v) is 17.8. The monoisotopic (exact) mass is 837 g/mol. The minimum atomic E-state index is -1.21. The van der Waals surface area contributed by atoms with Crippen molar-refractivity contribution in [3.63, 3.8) is 0 Å². The first-order valence-corrected chi connectivity index (χ1v) is 21.9. The van der Waals surface area contributed by atoms with Crippen molar-refractivity contribution in [2.75, 3.05) is 47.9 Å². The molecule has 2 fully saturated rings. The van der Waals surface area contributed by atoms with E-state index in [-0.39, 0.29) is 36.4 Å². The van der Waals surface area contributed by atoms with Crippen molar-refractivity contribution in [3.8, 4) is 0 Å². The number of Topliss-reactive ketones (excluding diaryl/α,β-unsaturated/α-hetero) is 1. The zero-order valence-corrected chi connectivity index (χ0v) is 38.2.